The fourth-order valence-electron chi connectivity index (χ4n) is 4.43. The maximum atomic E-state index is 13.6. The Hall–Kier alpha value is -5.22. The molecular formula is C33H30ClN3O7. The number of oxime groups is 1. The molecule has 1 heterocycles. The number of carbonyl (C=O) groups is 3. The molecule has 3 aromatic carbocycles. The molecule has 0 bridgehead atoms. The van der Waals surface area contributed by atoms with Gasteiger partial charge >= 0.3 is 11.9 Å². The number of rotatable bonds is 12. The Morgan fingerprint density at radius 1 is 0.932 bits per heavy atom. The van der Waals surface area contributed by atoms with Crippen molar-refractivity contribution in [3.63, 3.8) is 0 Å². The van der Waals surface area contributed by atoms with Gasteiger partial charge in [-0.05, 0) is 18.6 Å². The van der Waals surface area contributed by atoms with E-state index in [1.807, 2.05) is 0 Å². The molecule has 226 valence electrons. The molecule has 1 aromatic heterocycles. The van der Waals surface area contributed by atoms with E-state index in [1.54, 1.807) is 91.9 Å². The summed E-state index contributed by atoms with van der Waals surface area (Å²) in [6.45, 7) is 1.72. The average Bonchev–Trinajstić information content (AvgIpc) is 3.06. The molecule has 0 saturated heterocycles. The van der Waals surface area contributed by atoms with Gasteiger partial charge in [-0.2, -0.15) is 0 Å². The first-order chi connectivity index (χ1) is 21.3. The number of nitrogens with zero attached hydrogens (tertiary/aromatic N) is 2. The average molecular weight is 616 g/mol. The Morgan fingerprint density at radius 3 is 2.11 bits per heavy atom. The van der Waals surface area contributed by atoms with Gasteiger partial charge in [0, 0.05) is 29.9 Å². The summed E-state index contributed by atoms with van der Waals surface area (Å²) in [6.07, 6.45) is 1.24. The van der Waals surface area contributed by atoms with Crippen molar-refractivity contribution in [2.75, 3.05) is 20.8 Å². The van der Waals surface area contributed by atoms with Gasteiger partial charge in [-0.15, -0.1) is 0 Å². The Kier molecular flexibility index (Phi) is 10.7. The molecule has 0 saturated carbocycles. The lowest BCUT2D eigenvalue weighted by Gasteiger charge is -2.32. The molecule has 4 aromatic rings. The van der Waals surface area contributed by atoms with Crippen LogP contribution in [-0.2, 0) is 36.1 Å². The van der Waals surface area contributed by atoms with Crippen molar-refractivity contribution in [1.82, 2.24) is 10.3 Å². The standard InChI is InChI=1S/C33H30ClN3O7/c1-4-42-32(40)33(24-14-7-5-8-15-24,25-16-9-6-10-17-25)44-31(39)23-19-27(34)30(36-20-23)43-21-22-13-11-12-18-26(22)28(37-41-3)29(38)35-2/h5-20H,4,21H2,1-3H3,(H,35,38)/b37-28-. The second-order valence-corrected chi connectivity index (χ2v) is 9.59. The summed E-state index contributed by atoms with van der Waals surface area (Å²) in [6, 6.07) is 25.6. The first kappa shape index (κ1) is 31.7. The molecule has 4 rings (SSSR count). The predicted octanol–water partition coefficient (Wildman–Crippen LogP) is 5.07. The fraction of sp³-hybridized carbons (Fsp3) is 0.182. The van der Waals surface area contributed by atoms with E-state index in [0.29, 0.717) is 22.3 Å². The largest absolute Gasteiger partial charge is 0.472 e. The van der Waals surface area contributed by atoms with Gasteiger partial charge in [-0.3, -0.25) is 4.79 Å². The number of esters is 2. The number of halogens is 1. The zero-order valence-corrected chi connectivity index (χ0v) is 25.0. The van der Waals surface area contributed by atoms with Crippen LogP contribution in [0, 0.1) is 0 Å². The first-order valence-electron chi connectivity index (χ1n) is 13.6. The van der Waals surface area contributed by atoms with Gasteiger partial charge in [0.05, 0.1) is 12.2 Å². The SMILES string of the molecule is CCOC(=O)C(OC(=O)c1cnc(OCc2ccccc2/C(=N/OC)C(=O)NC)c(Cl)c1)(c1ccccc1)c1ccccc1. The van der Waals surface area contributed by atoms with Crippen LogP contribution in [0.5, 0.6) is 5.88 Å². The minimum absolute atomic E-state index is 0.0163. The van der Waals surface area contributed by atoms with Crippen molar-refractivity contribution >= 4 is 35.2 Å². The summed E-state index contributed by atoms with van der Waals surface area (Å²) in [5.74, 6) is -2.02. The summed E-state index contributed by atoms with van der Waals surface area (Å²) in [7, 11) is 2.83. The number of pyridine rings is 1. The van der Waals surface area contributed by atoms with Crippen LogP contribution in [0.4, 0.5) is 0 Å². The van der Waals surface area contributed by atoms with Gasteiger partial charge in [0.25, 0.3) is 11.5 Å². The first-order valence-corrected chi connectivity index (χ1v) is 13.9. The topological polar surface area (TPSA) is 125 Å². The van der Waals surface area contributed by atoms with Crippen molar-refractivity contribution < 1.29 is 33.4 Å². The Labute approximate surface area is 259 Å². The van der Waals surface area contributed by atoms with E-state index >= 15 is 0 Å². The normalized spacial score (nSPS) is 11.3. The van der Waals surface area contributed by atoms with E-state index in [9.17, 15) is 14.4 Å². The van der Waals surface area contributed by atoms with E-state index in [-0.39, 0.29) is 35.4 Å². The number of carbonyl (C=O) groups excluding carboxylic acids is 3. The van der Waals surface area contributed by atoms with E-state index in [4.69, 9.17) is 30.6 Å². The van der Waals surface area contributed by atoms with Gasteiger partial charge in [0.2, 0.25) is 5.88 Å². The molecule has 0 aliphatic heterocycles. The second kappa shape index (κ2) is 14.8. The third-order valence-corrected chi connectivity index (χ3v) is 6.74. The van der Waals surface area contributed by atoms with Crippen LogP contribution in [0.25, 0.3) is 0 Å². The van der Waals surface area contributed by atoms with E-state index in [2.05, 4.69) is 15.5 Å². The van der Waals surface area contributed by atoms with Gasteiger partial charge in [0.1, 0.15) is 18.7 Å². The second-order valence-electron chi connectivity index (χ2n) is 9.18. The lowest BCUT2D eigenvalue weighted by molar-refractivity contribution is -0.162. The van der Waals surface area contributed by atoms with Crippen LogP contribution >= 0.6 is 11.6 Å². The van der Waals surface area contributed by atoms with Crippen molar-refractivity contribution in [2.45, 2.75) is 19.1 Å². The summed E-state index contributed by atoms with van der Waals surface area (Å²) >= 11 is 6.49. The lowest BCUT2D eigenvalue weighted by atomic mass is 9.86. The summed E-state index contributed by atoms with van der Waals surface area (Å²) in [5, 5.41) is 6.40. The van der Waals surface area contributed by atoms with Gasteiger partial charge in [-0.25, -0.2) is 14.6 Å². The lowest BCUT2D eigenvalue weighted by Crippen LogP contribution is -2.43. The maximum absolute atomic E-state index is 13.6. The number of aromatic nitrogens is 1. The van der Waals surface area contributed by atoms with Crippen LogP contribution in [-0.4, -0.2) is 49.3 Å². The van der Waals surface area contributed by atoms with Gasteiger partial charge < -0.3 is 24.4 Å². The summed E-state index contributed by atoms with van der Waals surface area (Å²) in [4.78, 5) is 48.6. The Balaban J connectivity index is 1.63. The molecule has 0 atom stereocenters. The van der Waals surface area contributed by atoms with Crippen molar-refractivity contribution in [1.29, 1.82) is 0 Å². The number of amides is 1. The van der Waals surface area contributed by atoms with Gasteiger partial charge in [-0.1, -0.05) is 102 Å². The molecule has 0 spiro atoms. The number of hydrogen-bond donors (Lipinski definition) is 1. The molecule has 0 unspecified atom stereocenters. The summed E-state index contributed by atoms with van der Waals surface area (Å²) < 4.78 is 17.3. The number of nitrogens with one attached hydrogen (secondary N) is 1. The molecule has 10 nitrogen and oxygen atoms in total. The minimum atomic E-state index is -1.90. The number of hydrogen-bond acceptors (Lipinski definition) is 9. The fourth-order valence-corrected chi connectivity index (χ4v) is 4.65. The molecule has 0 radical (unpaired) electrons. The molecular weight excluding hydrogens is 586 g/mol. The molecule has 0 aliphatic rings. The minimum Gasteiger partial charge on any atom is -0.472 e. The third kappa shape index (κ3) is 6.87. The zero-order chi connectivity index (χ0) is 31.5. The van der Waals surface area contributed by atoms with Crippen LogP contribution in [0.2, 0.25) is 5.02 Å². The molecule has 11 heteroatoms. The van der Waals surface area contributed by atoms with Crippen LogP contribution in [0.3, 0.4) is 0 Å². The Morgan fingerprint density at radius 2 is 1.55 bits per heavy atom. The number of ether oxygens (including phenoxy) is 3. The van der Waals surface area contributed by atoms with E-state index < -0.39 is 23.4 Å². The quantitative estimate of drug-likeness (QED) is 0.133. The highest BCUT2D eigenvalue weighted by Crippen LogP contribution is 2.37. The molecule has 1 N–H and O–H groups in total. The molecule has 0 aliphatic carbocycles. The highest BCUT2D eigenvalue weighted by atomic mass is 35.5. The predicted molar refractivity (Wildman–Crippen MR) is 163 cm³/mol. The summed E-state index contributed by atoms with van der Waals surface area (Å²) in [5.41, 5.74) is 0.0615. The Bertz CT molecular complexity index is 1610. The van der Waals surface area contributed by atoms with Crippen LogP contribution in [0.1, 0.15) is 39.5 Å². The number of likely N-dealkylation sites (N-methyl/N-ethyl adjacent to an activating group) is 1. The maximum Gasteiger partial charge on any atom is 0.360 e. The monoisotopic (exact) mass is 615 g/mol. The smallest absolute Gasteiger partial charge is 0.360 e. The van der Waals surface area contributed by atoms with Crippen molar-refractivity contribution in [2.24, 2.45) is 5.16 Å². The molecule has 44 heavy (non-hydrogen) atoms. The number of benzene rings is 3. The highest BCUT2D eigenvalue weighted by Gasteiger charge is 2.48. The zero-order valence-electron chi connectivity index (χ0n) is 24.3. The van der Waals surface area contributed by atoms with E-state index in [1.165, 1.54) is 26.4 Å². The molecule has 1 amide bonds. The van der Waals surface area contributed by atoms with Gasteiger partial charge in [0.15, 0.2) is 5.71 Å². The van der Waals surface area contributed by atoms with Crippen LogP contribution in [0.15, 0.2) is 102 Å². The van der Waals surface area contributed by atoms with Crippen LogP contribution < -0.4 is 10.1 Å². The third-order valence-electron chi connectivity index (χ3n) is 6.47. The highest BCUT2D eigenvalue weighted by molar-refractivity contribution is 6.45. The van der Waals surface area contributed by atoms with Crippen molar-refractivity contribution in [3.8, 4) is 5.88 Å². The van der Waals surface area contributed by atoms with Crippen molar-refractivity contribution in [3.05, 3.63) is 130 Å². The molecule has 0 fully saturated rings. The van der Waals surface area contributed by atoms with E-state index in [0.717, 1.165) is 0 Å².